The normalized spacial score (nSPS) is 10.8. The van der Waals surface area contributed by atoms with E-state index in [1.807, 2.05) is 0 Å². The summed E-state index contributed by atoms with van der Waals surface area (Å²) >= 11 is 0. The van der Waals surface area contributed by atoms with Crippen LogP contribution in [0.15, 0.2) is 12.1 Å². The Labute approximate surface area is 87.8 Å². The molecule has 2 aromatic rings. The van der Waals surface area contributed by atoms with Gasteiger partial charge in [-0.3, -0.25) is 0 Å². The van der Waals surface area contributed by atoms with Gasteiger partial charge in [-0.15, -0.1) is 0 Å². The molecule has 0 saturated carbocycles. The fourth-order valence-electron chi connectivity index (χ4n) is 1.40. The molecule has 0 unspecified atom stereocenters. The van der Waals surface area contributed by atoms with Crippen molar-refractivity contribution in [3.63, 3.8) is 0 Å². The number of rotatable bonds is 1. The molecule has 1 aromatic heterocycles. The first-order valence-corrected chi connectivity index (χ1v) is 4.29. The van der Waals surface area contributed by atoms with E-state index in [1.54, 1.807) is 0 Å². The van der Waals surface area contributed by atoms with Crippen LogP contribution < -0.4 is 0 Å². The number of nitrogens with one attached hydrogen (secondary N) is 1. The average molecular weight is 229 g/mol. The minimum atomic E-state index is -1.58. The lowest BCUT2D eigenvalue weighted by atomic mass is 10.2. The van der Waals surface area contributed by atoms with Gasteiger partial charge < -0.3 is 9.72 Å². The average Bonchev–Trinajstić information content (AvgIpc) is 2.69. The number of fused-ring (bicyclic) bond motifs is 1. The first-order chi connectivity index (χ1) is 7.54. The summed E-state index contributed by atoms with van der Waals surface area (Å²) in [5.41, 5.74) is -0.333. The second-order valence-electron chi connectivity index (χ2n) is 3.13. The predicted octanol–water partition coefficient (Wildman–Crippen LogP) is 2.37. The maximum absolute atomic E-state index is 13.2. The maximum atomic E-state index is 13.2. The lowest BCUT2D eigenvalue weighted by Gasteiger charge is -1.96. The summed E-state index contributed by atoms with van der Waals surface area (Å²) in [6, 6.07) is 1.99. The van der Waals surface area contributed by atoms with Gasteiger partial charge in [0, 0.05) is 5.39 Å². The Morgan fingerprint density at radius 2 is 1.94 bits per heavy atom. The molecule has 6 heteroatoms. The second kappa shape index (κ2) is 3.55. The SMILES string of the molecule is COC(=O)c1cc2cc(F)c(F)c(F)c2[nH]1. The van der Waals surface area contributed by atoms with E-state index in [2.05, 4.69) is 9.72 Å². The number of methoxy groups -OCH3 is 1. The van der Waals surface area contributed by atoms with Crippen molar-refractivity contribution < 1.29 is 22.7 Å². The lowest BCUT2D eigenvalue weighted by Crippen LogP contribution is -2.00. The van der Waals surface area contributed by atoms with Gasteiger partial charge in [0.05, 0.1) is 12.6 Å². The van der Waals surface area contributed by atoms with E-state index in [1.165, 1.54) is 6.07 Å². The summed E-state index contributed by atoms with van der Waals surface area (Å²) in [7, 11) is 1.14. The number of ether oxygens (including phenoxy) is 1. The molecule has 1 aromatic carbocycles. The Kier molecular flexibility index (Phi) is 2.34. The van der Waals surface area contributed by atoms with Crippen molar-refractivity contribution >= 4 is 16.9 Å². The number of carbonyl (C=O) groups excluding carboxylic acids is 1. The Bertz CT molecular complexity index is 577. The van der Waals surface area contributed by atoms with Gasteiger partial charge in [0.15, 0.2) is 17.5 Å². The molecule has 0 fully saturated rings. The summed E-state index contributed by atoms with van der Waals surface area (Å²) in [5, 5.41) is 0.0665. The van der Waals surface area contributed by atoms with E-state index in [0.29, 0.717) is 0 Å². The van der Waals surface area contributed by atoms with Gasteiger partial charge in [-0.05, 0) is 12.1 Å². The van der Waals surface area contributed by atoms with Crippen molar-refractivity contribution in [3.05, 3.63) is 35.3 Å². The topological polar surface area (TPSA) is 42.1 Å². The monoisotopic (exact) mass is 229 g/mol. The van der Waals surface area contributed by atoms with Gasteiger partial charge >= 0.3 is 5.97 Å². The van der Waals surface area contributed by atoms with Crippen LogP contribution in [0.4, 0.5) is 13.2 Å². The number of halogens is 3. The van der Waals surface area contributed by atoms with Crippen LogP contribution >= 0.6 is 0 Å². The highest BCUT2D eigenvalue weighted by molar-refractivity contribution is 5.94. The van der Waals surface area contributed by atoms with Crippen LogP contribution in [0.3, 0.4) is 0 Å². The first-order valence-electron chi connectivity index (χ1n) is 4.29. The van der Waals surface area contributed by atoms with E-state index in [-0.39, 0.29) is 16.6 Å². The van der Waals surface area contributed by atoms with Crippen molar-refractivity contribution in [2.45, 2.75) is 0 Å². The Morgan fingerprint density at radius 3 is 2.56 bits per heavy atom. The van der Waals surface area contributed by atoms with Gasteiger partial charge in [0.25, 0.3) is 0 Å². The third-order valence-electron chi connectivity index (χ3n) is 2.16. The largest absolute Gasteiger partial charge is 0.464 e. The third kappa shape index (κ3) is 1.42. The van der Waals surface area contributed by atoms with E-state index < -0.39 is 23.4 Å². The van der Waals surface area contributed by atoms with Gasteiger partial charge in [0.1, 0.15) is 5.69 Å². The van der Waals surface area contributed by atoms with Crippen LogP contribution in [0.2, 0.25) is 0 Å². The highest BCUT2D eigenvalue weighted by Crippen LogP contribution is 2.23. The summed E-state index contributed by atoms with van der Waals surface area (Å²) in [6.45, 7) is 0. The molecule has 3 nitrogen and oxygen atoms in total. The van der Waals surface area contributed by atoms with E-state index in [4.69, 9.17) is 0 Å². The third-order valence-corrected chi connectivity index (χ3v) is 2.16. The van der Waals surface area contributed by atoms with Crippen molar-refractivity contribution in [1.82, 2.24) is 4.98 Å². The molecule has 0 radical (unpaired) electrons. The minimum absolute atomic E-state index is 0.0665. The summed E-state index contributed by atoms with van der Waals surface area (Å²) in [4.78, 5) is 13.4. The molecule has 0 bridgehead atoms. The van der Waals surface area contributed by atoms with Crippen LogP contribution in [0, 0.1) is 17.5 Å². The molecule has 1 N–H and O–H groups in total. The number of hydrogen-bond donors (Lipinski definition) is 1. The Hall–Kier alpha value is -1.98. The number of esters is 1. The van der Waals surface area contributed by atoms with Crippen molar-refractivity contribution in [1.29, 1.82) is 0 Å². The molecule has 0 saturated heterocycles. The summed E-state index contributed by atoms with van der Waals surface area (Å²) in [6.07, 6.45) is 0. The molecule has 2 rings (SSSR count). The second-order valence-corrected chi connectivity index (χ2v) is 3.13. The fraction of sp³-hybridized carbons (Fsp3) is 0.100. The Morgan fingerprint density at radius 1 is 1.25 bits per heavy atom. The van der Waals surface area contributed by atoms with Crippen molar-refractivity contribution in [3.8, 4) is 0 Å². The number of H-pyrrole nitrogens is 1. The predicted molar refractivity (Wildman–Crippen MR) is 49.5 cm³/mol. The first kappa shape index (κ1) is 10.5. The molecule has 84 valence electrons. The number of aromatic amines is 1. The van der Waals surface area contributed by atoms with Crippen LogP contribution in [0.1, 0.15) is 10.5 Å². The van der Waals surface area contributed by atoms with Gasteiger partial charge in [-0.1, -0.05) is 0 Å². The smallest absolute Gasteiger partial charge is 0.354 e. The quantitative estimate of drug-likeness (QED) is 0.602. The molecule has 0 amide bonds. The molecule has 1 heterocycles. The van der Waals surface area contributed by atoms with Crippen LogP contribution in [-0.2, 0) is 4.74 Å². The van der Waals surface area contributed by atoms with E-state index >= 15 is 0 Å². The zero-order valence-electron chi connectivity index (χ0n) is 8.11. The number of benzene rings is 1. The van der Waals surface area contributed by atoms with Gasteiger partial charge in [0.2, 0.25) is 0 Å². The molecule has 0 aliphatic heterocycles. The number of hydrogen-bond acceptors (Lipinski definition) is 2. The van der Waals surface area contributed by atoms with Gasteiger partial charge in [-0.25, -0.2) is 18.0 Å². The number of carbonyl (C=O) groups is 1. The molecule has 0 atom stereocenters. The van der Waals surface area contributed by atoms with Crippen LogP contribution in [-0.4, -0.2) is 18.1 Å². The standard InChI is InChI=1S/C10H6F3NO2/c1-16-10(15)6-3-4-2-5(11)7(12)8(13)9(4)14-6/h2-3,14H,1H3. The minimum Gasteiger partial charge on any atom is -0.464 e. The number of aromatic nitrogens is 1. The lowest BCUT2D eigenvalue weighted by molar-refractivity contribution is 0.0595. The highest BCUT2D eigenvalue weighted by Gasteiger charge is 2.17. The van der Waals surface area contributed by atoms with Crippen LogP contribution in [0.25, 0.3) is 10.9 Å². The molecular formula is C10H6F3NO2. The zero-order chi connectivity index (χ0) is 11.9. The molecule has 16 heavy (non-hydrogen) atoms. The molecule has 0 aliphatic rings. The van der Waals surface area contributed by atoms with E-state index in [0.717, 1.165) is 13.2 Å². The molecule has 0 aliphatic carbocycles. The maximum Gasteiger partial charge on any atom is 0.354 e. The molecule has 0 spiro atoms. The highest BCUT2D eigenvalue weighted by atomic mass is 19.2. The van der Waals surface area contributed by atoms with Gasteiger partial charge in [-0.2, -0.15) is 0 Å². The van der Waals surface area contributed by atoms with Crippen molar-refractivity contribution in [2.24, 2.45) is 0 Å². The zero-order valence-corrected chi connectivity index (χ0v) is 8.11. The summed E-state index contributed by atoms with van der Waals surface area (Å²) in [5.74, 6) is -4.98. The Balaban J connectivity index is 2.71. The van der Waals surface area contributed by atoms with Crippen molar-refractivity contribution in [2.75, 3.05) is 7.11 Å². The van der Waals surface area contributed by atoms with E-state index in [9.17, 15) is 18.0 Å². The summed E-state index contributed by atoms with van der Waals surface area (Å²) < 4.78 is 43.4. The molecular weight excluding hydrogens is 223 g/mol. The van der Waals surface area contributed by atoms with Crippen LogP contribution in [0.5, 0.6) is 0 Å². The fourth-order valence-corrected chi connectivity index (χ4v) is 1.40.